The van der Waals surface area contributed by atoms with E-state index in [1.54, 1.807) is 6.08 Å². The number of hydrogen-bond donors (Lipinski definition) is 2. The van der Waals surface area contributed by atoms with Gasteiger partial charge in [-0.1, -0.05) is 56.2 Å². The Morgan fingerprint density at radius 1 is 0.783 bits per heavy atom. The van der Waals surface area contributed by atoms with Crippen LogP contribution in [0.1, 0.15) is 71.1 Å². The van der Waals surface area contributed by atoms with Gasteiger partial charge in [0, 0.05) is 12.8 Å². The van der Waals surface area contributed by atoms with Crippen LogP contribution in [0.3, 0.4) is 0 Å². The lowest BCUT2D eigenvalue weighted by Gasteiger charge is -1.97. The number of carbonyl (C=O) groups is 1. The van der Waals surface area contributed by atoms with Gasteiger partial charge in [-0.25, -0.2) is 0 Å². The smallest absolute Gasteiger partial charge is 0.303 e. The zero-order valence-corrected chi connectivity index (χ0v) is 14.4. The Morgan fingerprint density at radius 3 is 2.00 bits per heavy atom. The van der Waals surface area contributed by atoms with Crippen molar-refractivity contribution < 1.29 is 15.0 Å². The first-order valence-corrected chi connectivity index (χ1v) is 8.71. The van der Waals surface area contributed by atoms with Crippen LogP contribution < -0.4 is 0 Å². The molecule has 0 aromatic carbocycles. The highest BCUT2D eigenvalue weighted by atomic mass is 16.4. The second-order valence-electron chi connectivity index (χ2n) is 5.56. The van der Waals surface area contributed by atoms with E-state index in [9.17, 15) is 9.90 Å². The van der Waals surface area contributed by atoms with Gasteiger partial charge in [0.1, 0.15) is 0 Å². The van der Waals surface area contributed by atoms with Crippen molar-refractivity contribution >= 4 is 5.97 Å². The van der Waals surface area contributed by atoms with Crippen LogP contribution >= 0.6 is 0 Å². The molecule has 0 aliphatic rings. The van der Waals surface area contributed by atoms with Gasteiger partial charge in [0.15, 0.2) is 0 Å². The van der Waals surface area contributed by atoms with Crippen molar-refractivity contribution in [3.63, 3.8) is 0 Å². The van der Waals surface area contributed by atoms with Crippen LogP contribution in [-0.2, 0) is 4.79 Å². The van der Waals surface area contributed by atoms with Gasteiger partial charge in [-0.05, 0) is 44.6 Å². The van der Waals surface area contributed by atoms with Gasteiger partial charge in [-0.15, -0.1) is 0 Å². The van der Waals surface area contributed by atoms with Gasteiger partial charge in [-0.3, -0.25) is 4.79 Å². The third-order valence-electron chi connectivity index (χ3n) is 3.33. The Balaban J connectivity index is 3.58. The number of carboxylic acid groups (broad SMARTS) is 1. The lowest BCUT2D eigenvalue weighted by Crippen LogP contribution is -1.94. The fraction of sp³-hybridized carbons (Fsp3) is 0.550. The standard InChI is InChI=1S/C20H32O3/c1-2-3-4-5-6-7-8-9-10-11-12-13-14-16-19(21)17-15-18-20(22)23/h6-7,9-10,12-13,16,21H,2-5,8,11,14-15,17-18H2,1H3,(H,22,23)/b7-6-,10-9-,13-12-,19-16-. The van der Waals surface area contributed by atoms with E-state index in [0.717, 1.165) is 12.8 Å². The molecule has 0 aromatic heterocycles. The molecule has 0 aliphatic carbocycles. The molecule has 2 N–H and O–H groups in total. The van der Waals surface area contributed by atoms with Gasteiger partial charge in [0.05, 0.1) is 5.76 Å². The quantitative estimate of drug-likeness (QED) is 0.231. The van der Waals surface area contributed by atoms with E-state index in [-0.39, 0.29) is 12.2 Å². The summed E-state index contributed by atoms with van der Waals surface area (Å²) >= 11 is 0. The first-order chi connectivity index (χ1) is 11.2. The van der Waals surface area contributed by atoms with Crippen molar-refractivity contribution in [3.8, 4) is 0 Å². The molecular formula is C20H32O3. The van der Waals surface area contributed by atoms with Crippen LogP contribution in [0.15, 0.2) is 48.3 Å². The van der Waals surface area contributed by atoms with E-state index in [1.165, 1.54) is 25.7 Å². The second kappa shape index (κ2) is 16.6. The Bertz CT molecular complexity index is 403. The van der Waals surface area contributed by atoms with Crippen molar-refractivity contribution in [2.45, 2.75) is 71.1 Å². The average Bonchev–Trinajstić information content (AvgIpc) is 2.51. The number of aliphatic hydroxyl groups is 1. The molecule has 0 aliphatic heterocycles. The minimum absolute atomic E-state index is 0.103. The molecule has 0 rings (SSSR count). The largest absolute Gasteiger partial charge is 0.513 e. The van der Waals surface area contributed by atoms with Crippen molar-refractivity contribution in [2.24, 2.45) is 0 Å². The fourth-order valence-electron chi connectivity index (χ4n) is 2.00. The molecule has 0 aromatic rings. The molecule has 0 fully saturated rings. The van der Waals surface area contributed by atoms with E-state index in [2.05, 4.69) is 37.3 Å². The van der Waals surface area contributed by atoms with E-state index in [1.807, 2.05) is 6.08 Å². The van der Waals surface area contributed by atoms with Gasteiger partial charge >= 0.3 is 5.97 Å². The summed E-state index contributed by atoms with van der Waals surface area (Å²) in [7, 11) is 0. The monoisotopic (exact) mass is 320 g/mol. The number of hydrogen-bond acceptors (Lipinski definition) is 2. The highest BCUT2D eigenvalue weighted by Crippen LogP contribution is 2.06. The minimum atomic E-state index is -0.819. The highest BCUT2D eigenvalue weighted by Gasteiger charge is 1.98. The Morgan fingerprint density at radius 2 is 1.39 bits per heavy atom. The second-order valence-corrected chi connectivity index (χ2v) is 5.56. The third-order valence-corrected chi connectivity index (χ3v) is 3.33. The maximum Gasteiger partial charge on any atom is 0.303 e. The molecule has 0 radical (unpaired) electrons. The lowest BCUT2D eigenvalue weighted by atomic mass is 10.2. The first-order valence-electron chi connectivity index (χ1n) is 8.71. The average molecular weight is 320 g/mol. The van der Waals surface area contributed by atoms with Gasteiger partial charge in [0.25, 0.3) is 0 Å². The summed E-state index contributed by atoms with van der Waals surface area (Å²) in [5.41, 5.74) is 0. The van der Waals surface area contributed by atoms with Crippen molar-refractivity contribution in [1.82, 2.24) is 0 Å². The molecule has 23 heavy (non-hydrogen) atoms. The van der Waals surface area contributed by atoms with E-state index in [0.29, 0.717) is 19.3 Å². The van der Waals surface area contributed by atoms with Gasteiger partial charge in [-0.2, -0.15) is 0 Å². The normalized spacial score (nSPS) is 12.8. The molecule has 0 bridgehead atoms. The predicted octanol–water partition coefficient (Wildman–Crippen LogP) is 6.10. The topological polar surface area (TPSA) is 57.5 Å². The number of carboxylic acids is 1. The maximum absolute atomic E-state index is 10.3. The number of allylic oxidation sites excluding steroid dienone is 8. The number of aliphatic hydroxyl groups excluding tert-OH is 1. The summed E-state index contributed by atoms with van der Waals surface area (Å²) < 4.78 is 0. The summed E-state index contributed by atoms with van der Waals surface area (Å²) in [5, 5.41) is 18.1. The molecule has 3 heteroatoms. The molecule has 3 nitrogen and oxygen atoms in total. The van der Waals surface area contributed by atoms with Crippen LogP contribution in [0.25, 0.3) is 0 Å². The SMILES string of the molecule is CCCCC/C=C\C/C=C\C/C=C\C/C=C(\O)CCCC(=O)O. The lowest BCUT2D eigenvalue weighted by molar-refractivity contribution is -0.137. The van der Waals surface area contributed by atoms with Crippen LogP contribution in [0, 0.1) is 0 Å². The van der Waals surface area contributed by atoms with E-state index >= 15 is 0 Å². The molecule has 0 atom stereocenters. The van der Waals surface area contributed by atoms with Crippen LogP contribution in [0.4, 0.5) is 0 Å². The summed E-state index contributed by atoms with van der Waals surface area (Å²) in [5.74, 6) is -0.542. The Hall–Kier alpha value is -1.77. The van der Waals surface area contributed by atoms with Crippen molar-refractivity contribution in [2.75, 3.05) is 0 Å². The highest BCUT2D eigenvalue weighted by molar-refractivity contribution is 5.66. The number of unbranched alkanes of at least 4 members (excludes halogenated alkanes) is 3. The Labute approximate surface area is 141 Å². The molecule has 0 saturated carbocycles. The zero-order valence-electron chi connectivity index (χ0n) is 14.4. The summed E-state index contributed by atoms with van der Waals surface area (Å²) in [6, 6.07) is 0. The molecule has 0 spiro atoms. The third kappa shape index (κ3) is 18.2. The fourth-order valence-corrected chi connectivity index (χ4v) is 2.00. The molecular weight excluding hydrogens is 288 g/mol. The summed E-state index contributed by atoms with van der Waals surface area (Å²) in [6.45, 7) is 2.22. The summed E-state index contributed by atoms with van der Waals surface area (Å²) in [4.78, 5) is 10.3. The van der Waals surface area contributed by atoms with Gasteiger partial charge < -0.3 is 10.2 Å². The van der Waals surface area contributed by atoms with E-state index < -0.39 is 5.97 Å². The summed E-state index contributed by atoms with van der Waals surface area (Å²) in [6.07, 6.45) is 23.3. The number of rotatable bonds is 14. The first kappa shape index (κ1) is 21.2. The predicted molar refractivity (Wildman–Crippen MR) is 97.6 cm³/mol. The molecule has 130 valence electrons. The number of aliphatic carboxylic acids is 1. The minimum Gasteiger partial charge on any atom is -0.513 e. The van der Waals surface area contributed by atoms with Crippen molar-refractivity contribution in [3.05, 3.63) is 48.3 Å². The molecule has 0 unspecified atom stereocenters. The maximum atomic E-state index is 10.3. The Kier molecular flexibility index (Phi) is 15.3. The van der Waals surface area contributed by atoms with E-state index in [4.69, 9.17) is 5.11 Å². The zero-order chi connectivity index (χ0) is 17.2. The molecule has 0 amide bonds. The molecule has 0 heterocycles. The van der Waals surface area contributed by atoms with Crippen LogP contribution in [0.5, 0.6) is 0 Å². The van der Waals surface area contributed by atoms with Crippen LogP contribution in [-0.4, -0.2) is 16.2 Å². The van der Waals surface area contributed by atoms with Crippen molar-refractivity contribution in [1.29, 1.82) is 0 Å². The molecule has 0 saturated heterocycles. The van der Waals surface area contributed by atoms with Crippen LogP contribution in [0.2, 0.25) is 0 Å². The van der Waals surface area contributed by atoms with Gasteiger partial charge in [0.2, 0.25) is 0 Å².